The zero-order chi connectivity index (χ0) is 26.1. The molecule has 1 amide bonds. The molecular weight excluding hydrogens is 486 g/mol. The average Bonchev–Trinajstić information content (AvgIpc) is 3.26. The Morgan fingerprint density at radius 1 is 1.33 bits per heavy atom. The molecule has 0 spiro atoms. The summed E-state index contributed by atoms with van der Waals surface area (Å²) in [5, 5.41) is 9.08. The Bertz CT molecular complexity index is 1140. The monoisotopic (exact) mass is 515 g/mol. The fraction of sp³-hybridized carbons (Fsp3) is 0.400. The van der Waals surface area contributed by atoms with Crippen LogP contribution in [0.1, 0.15) is 37.3 Å². The Labute approximate surface area is 212 Å². The van der Waals surface area contributed by atoms with Crippen molar-refractivity contribution in [1.82, 2.24) is 4.72 Å². The van der Waals surface area contributed by atoms with Crippen LogP contribution in [0.2, 0.25) is 0 Å². The maximum atomic E-state index is 12.6. The molecule has 11 heteroatoms. The number of carbonyl (C=O) groups is 2. The molecule has 1 saturated heterocycles. The molecule has 192 valence electrons. The second-order valence-corrected chi connectivity index (χ2v) is 9.14. The van der Waals surface area contributed by atoms with E-state index in [1.165, 1.54) is 12.0 Å². The number of amides is 1. The van der Waals surface area contributed by atoms with Crippen molar-refractivity contribution < 1.29 is 32.6 Å². The predicted molar refractivity (Wildman–Crippen MR) is 133 cm³/mol. The Hall–Kier alpha value is -3.46. The van der Waals surface area contributed by atoms with Crippen molar-refractivity contribution in [3.8, 4) is 11.8 Å². The molecule has 10 nitrogen and oxygen atoms in total. The number of anilines is 1. The van der Waals surface area contributed by atoms with Crippen LogP contribution in [0.3, 0.4) is 0 Å². The van der Waals surface area contributed by atoms with E-state index in [2.05, 4.69) is 10.8 Å². The van der Waals surface area contributed by atoms with Gasteiger partial charge in [0, 0.05) is 12.1 Å². The summed E-state index contributed by atoms with van der Waals surface area (Å²) in [6, 6.07) is 15.7. The highest BCUT2D eigenvalue weighted by Crippen LogP contribution is 2.26. The normalized spacial score (nSPS) is 17.6. The van der Waals surface area contributed by atoms with E-state index in [0.717, 1.165) is 12.0 Å². The molecule has 0 aliphatic carbocycles. The molecule has 2 N–H and O–H groups in total. The number of unbranched alkanes of at least 4 members (excludes halogenated alkanes) is 1. The highest BCUT2D eigenvalue weighted by Gasteiger charge is 2.40. The zero-order valence-electron chi connectivity index (χ0n) is 20.1. The zero-order valence-corrected chi connectivity index (χ0v) is 21.0. The minimum absolute atomic E-state index is 0.132. The van der Waals surface area contributed by atoms with Gasteiger partial charge in [-0.1, -0.05) is 38.0 Å². The van der Waals surface area contributed by atoms with E-state index >= 15 is 0 Å². The smallest absolute Gasteiger partial charge is 0.414 e. The predicted octanol–water partition coefficient (Wildman–Crippen LogP) is 3.33. The molecule has 0 bridgehead atoms. The molecule has 0 saturated carbocycles. The molecule has 1 heterocycles. The molecular formula is C25H29N3O7S. The number of methoxy groups -OCH3 is 1. The van der Waals surface area contributed by atoms with Gasteiger partial charge in [-0.15, -0.1) is 0 Å². The summed E-state index contributed by atoms with van der Waals surface area (Å²) in [6.07, 6.45) is 0.961. The first kappa shape index (κ1) is 27.1. The lowest BCUT2D eigenvalue weighted by Gasteiger charge is -2.30. The highest BCUT2D eigenvalue weighted by molar-refractivity contribution is 7.77. The molecule has 0 aromatic heterocycles. The van der Waals surface area contributed by atoms with Crippen molar-refractivity contribution in [1.29, 1.82) is 5.26 Å². The van der Waals surface area contributed by atoms with Crippen LogP contribution in [0.4, 0.5) is 10.5 Å². The van der Waals surface area contributed by atoms with Crippen LogP contribution < -0.4 is 14.4 Å². The summed E-state index contributed by atoms with van der Waals surface area (Å²) in [7, 11) is 1.25. The van der Waals surface area contributed by atoms with Gasteiger partial charge in [0.1, 0.15) is 17.9 Å². The average molecular weight is 516 g/mol. The summed E-state index contributed by atoms with van der Waals surface area (Å²) >= 11 is -2.40. The third kappa shape index (κ3) is 6.81. The van der Waals surface area contributed by atoms with Gasteiger partial charge in [-0.3, -0.25) is 14.2 Å². The molecule has 1 fully saturated rings. The first-order valence-electron chi connectivity index (χ1n) is 11.5. The number of esters is 1. The Balaban J connectivity index is 1.63. The van der Waals surface area contributed by atoms with Crippen LogP contribution >= 0.6 is 0 Å². The minimum atomic E-state index is -2.40. The van der Waals surface area contributed by atoms with Gasteiger partial charge in [0.05, 0.1) is 25.3 Å². The van der Waals surface area contributed by atoms with Crippen molar-refractivity contribution in [3.63, 3.8) is 0 Å². The fourth-order valence-electron chi connectivity index (χ4n) is 4.04. The molecule has 3 unspecified atom stereocenters. The number of benzene rings is 2. The summed E-state index contributed by atoms with van der Waals surface area (Å²) in [5.74, 6) is -0.0674. The second kappa shape index (κ2) is 12.5. The number of nitrogens with zero attached hydrogens (tertiary/aromatic N) is 2. The molecule has 36 heavy (non-hydrogen) atoms. The number of carbonyl (C=O) groups excluding carboxylic acids is 2. The lowest BCUT2D eigenvalue weighted by atomic mass is 9.87. The Morgan fingerprint density at radius 2 is 2.08 bits per heavy atom. The van der Waals surface area contributed by atoms with Gasteiger partial charge in [-0.2, -0.15) is 9.98 Å². The molecule has 2 aromatic carbocycles. The SMILES string of the molecule is CCCCC(Cc1ccc(OCC2CN(c3cccc(C#N)c3)C(=O)O2)cc1)(NS(=O)O)C(=O)OC. The number of nitriles is 1. The maximum Gasteiger partial charge on any atom is 0.414 e. The van der Waals surface area contributed by atoms with Gasteiger partial charge in [0.25, 0.3) is 0 Å². The fourth-order valence-corrected chi connectivity index (χ4v) is 4.63. The third-order valence-corrected chi connectivity index (χ3v) is 6.41. The highest BCUT2D eigenvalue weighted by atomic mass is 32.2. The first-order chi connectivity index (χ1) is 17.3. The van der Waals surface area contributed by atoms with E-state index in [9.17, 15) is 18.4 Å². The lowest BCUT2D eigenvalue weighted by Crippen LogP contribution is -2.55. The summed E-state index contributed by atoms with van der Waals surface area (Å²) in [5.41, 5.74) is 0.446. The van der Waals surface area contributed by atoms with Crippen LogP contribution in [-0.2, 0) is 32.0 Å². The van der Waals surface area contributed by atoms with Gasteiger partial charge >= 0.3 is 12.1 Å². The summed E-state index contributed by atoms with van der Waals surface area (Å²) < 4.78 is 39.6. The van der Waals surface area contributed by atoms with Gasteiger partial charge in [0.15, 0.2) is 6.10 Å². The van der Waals surface area contributed by atoms with Crippen molar-refractivity contribution in [3.05, 3.63) is 59.7 Å². The van der Waals surface area contributed by atoms with Crippen molar-refractivity contribution in [2.24, 2.45) is 0 Å². The molecule has 1 aliphatic heterocycles. The van der Waals surface area contributed by atoms with Crippen LogP contribution in [-0.4, -0.2) is 52.7 Å². The number of hydrogen-bond acceptors (Lipinski definition) is 7. The standard InChI is InChI=1S/C25H29N3O7S/c1-3-4-12-25(23(29)33-2,27-36(31)32)14-18-8-10-21(11-9-18)34-17-22-16-28(24(30)35-22)20-7-5-6-19(13-20)15-26/h5-11,13,22,27H,3-4,12,14,16-17H2,1-2H3,(H,31,32). The number of hydrogen-bond donors (Lipinski definition) is 2. The van der Waals surface area contributed by atoms with Gasteiger partial charge < -0.3 is 14.2 Å². The summed E-state index contributed by atoms with van der Waals surface area (Å²) in [6.45, 7) is 2.39. The maximum absolute atomic E-state index is 12.6. The first-order valence-corrected chi connectivity index (χ1v) is 12.6. The Morgan fingerprint density at radius 3 is 2.72 bits per heavy atom. The van der Waals surface area contributed by atoms with Crippen LogP contribution in [0, 0.1) is 11.3 Å². The van der Waals surface area contributed by atoms with E-state index in [4.69, 9.17) is 19.5 Å². The van der Waals surface area contributed by atoms with Crippen LogP contribution in [0.15, 0.2) is 48.5 Å². The van der Waals surface area contributed by atoms with E-state index in [0.29, 0.717) is 29.8 Å². The molecule has 2 aromatic rings. The van der Waals surface area contributed by atoms with E-state index in [-0.39, 0.29) is 19.6 Å². The van der Waals surface area contributed by atoms with Gasteiger partial charge in [-0.25, -0.2) is 9.00 Å². The minimum Gasteiger partial charge on any atom is -0.490 e. The van der Waals surface area contributed by atoms with E-state index < -0.39 is 35.0 Å². The quantitative estimate of drug-likeness (QED) is 0.324. The third-order valence-electron chi connectivity index (χ3n) is 5.84. The molecule has 3 atom stereocenters. The molecule has 1 aliphatic rings. The van der Waals surface area contributed by atoms with Crippen LogP contribution in [0.25, 0.3) is 0 Å². The van der Waals surface area contributed by atoms with Crippen molar-refractivity contribution in [2.75, 3.05) is 25.2 Å². The number of ether oxygens (including phenoxy) is 3. The van der Waals surface area contributed by atoms with E-state index in [1.807, 2.05) is 6.92 Å². The van der Waals surface area contributed by atoms with Crippen molar-refractivity contribution >= 4 is 29.0 Å². The topological polar surface area (TPSA) is 138 Å². The van der Waals surface area contributed by atoms with Crippen molar-refractivity contribution in [2.45, 2.75) is 44.2 Å². The molecule has 0 radical (unpaired) electrons. The van der Waals surface area contributed by atoms with Crippen LogP contribution in [0.5, 0.6) is 5.75 Å². The number of nitrogens with one attached hydrogen (secondary N) is 1. The van der Waals surface area contributed by atoms with Gasteiger partial charge in [0.2, 0.25) is 11.3 Å². The van der Waals surface area contributed by atoms with Gasteiger partial charge in [-0.05, 0) is 42.3 Å². The number of rotatable bonds is 12. The summed E-state index contributed by atoms with van der Waals surface area (Å²) in [4.78, 5) is 26.3. The largest absolute Gasteiger partial charge is 0.490 e. The Kier molecular flexibility index (Phi) is 9.41. The molecule has 3 rings (SSSR count). The number of cyclic esters (lactones) is 1. The van der Waals surface area contributed by atoms with E-state index in [1.54, 1.807) is 48.5 Å². The second-order valence-electron chi connectivity index (χ2n) is 8.44. The lowest BCUT2D eigenvalue weighted by molar-refractivity contribution is -0.148.